The van der Waals surface area contributed by atoms with E-state index in [9.17, 15) is 9.59 Å². The highest BCUT2D eigenvalue weighted by Crippen LogP contribution is 2.24. The molecule has 7 heteroatoms. The summed E-state index contributed by atoms with van der Waals surface area (Å²) < 4.78 is 5.08. The number of carboxylic acid groups (broad SMARTS) is 1. The number of benzene rings is 1. The minimum atomic E-state index is -0.983. The molecule has 0 aliphatic carbocycles. The molecule has 0 radical (unpaired) electrons. The van der Waals surface area contributed by atoms with Gasteiger partial charge in [0.1, 0.15) is 5.92 Å². The van der Waals surface area contributed by atoms with Crippen LogP contribution in [0.3, 0.4) is 0 Å². The fourth-order valence-electron chi connectivity index (χ4n) is 2.06. The van der Waals surface area contributed by atoms with E-state index in [1.807, 2.05) is 0 Å². The van der Waals surface area contributed by atoms with Gasteiger partial charge in [-0.15, -0.1) is 0 Å². The van der Waals surface area contributed by atoms with E-state index < -0.39 is 17.9 Å². The SMILES string of the molecule is O=C(Cc1c(Cl)cccc1Cl)NC1COCC1C(=O)O. The van der Waals surface area contributed by atoms with Crippen LogP contribution in [-0.2, 0) is 20.7 Å². The summed E-state index contributed by atoms with van der Waals surface area (Å²) in [6.45, 7) is 0.298. The third kappa shape index (κ3) is 3.42. The number of carbonyl (C=O) groups is 2. The molecule has 1 aliphatic rings. The maximum atomic E-state index is 12.0. The number of carbonyl (C=O) groups excluding carboxylic acids is 1. The highest BCUT2D eigenvalue weighted by Gasteiger charge is 2.35. The molecule has 1 aromatic rings. The van der Waals surface area contributed by atoms with Crippen molar-refractivity contribution < 1.29 is 19.4 Å². The predicted molar refractivity (Wildman–Crippen MR) is 74.0 cm³/mol. The molecule has 0 aromatic heterocycles. The molecule has 108 valence electrons. The van der Waals surface area contributed by atoms with Gasteiger partial charge >= 0.3 is 5.97 Å². The Morgan fingerprint density at radius 2 is 1.95 bits per heavy atom. The second kappa shape index (κ2) is 6.43. The van der Waals surface area contributed by atoms with Gasteiger partial charge in [0.25, 0.3) is 0 Å². The second-order valence-electron chi connectivity index (χ2n) is 4.53. The van der Waals surface area contributed by atoms with E-state index in [4.69, 9.17) is 33.0 Å². The van der Waals surface area contributed by atoms with Crippen molar-refractivity contribution in [3.8, 4) is 0 Å². The molecule has 0 bridgehead atoms. The van der Waals surface area contributed by atoms with Crippen LogP contribution < -0.4 is 5.32 Å². The fourth-order valence-corrected chi connectivity index (χ4v) is 2.59. The number of carboxylic acids is 1. The number of nitrogens with one attached hydrogen (secondary N) is 1. The van der Waals surface area contributed by atoms with Crippen molar-refractivity contribution >= 4 is 35.1 Å². The van der Waals surface area contributed by atoms with Crippen molar-refractivity contribution in [3.63, 3.8) is 0 Å². The first kappa shape index (κ1) is 15.1. The molecule has 2 atom stereocenters. The van der Waals surface area contributed by atoms with Crippen LogP contribution in [0.1, 0.15) is 5.56 Å². The molecule has 1 aliphatic heterocycles. The summed E-state index contributed by atoms with van der Waals surface area (Å²) in [5.41, 5.74) is 0.527. The van der Waals surface area contributed by atoms with Crippen LogP contribution in [0.15, 0.2) is 18.2 Å². The Kier molecular flexibility index (Phi) is 4.86. The Morgan fingerprint density at radius 3 is 2.55 bits per heavy atom. The molecule has 0 saturated carbocycles. The van der Waals surface area contributed by atoms with Gasteiger partial charge in [0, 0.05) is 10.0 Å². The zero-order valence-corrected chi connectivity index (χ0v) is 11.9. The monoisotopic (exact) mass is 317 g/mol. The smallest absolute Gasteiger partial charge is 0.311 e. The van der Waals surface area contributed by atoms with Crippen molar-refractivity contribution in [1.82, 2.24) is 5.32 Å². The largest absolute Gasteiger partial charge is 0.481 e. The zero-order valence-electron chi connectivity index (χ0n) is 10.4. The summed E-state index contributed by atoms with van der Waals surface area (Å²) in [4.78, 5) is 23.0. The Bertz CT molecular complexity index is 515. The number of ether oxygens (including phenoxy) is 1. The van der Waals surface area contributed by atoms with Crippen LogP contribution in [0.2, 0.25) is 10.0 Å². The van der Waals surface area contributed by atoms with Crippen LogP contribution in [0, 0.1) is 5.92 Å². The highest BCUT2D eigenvalue weighted by molar-refractivity contribution is 6.36. The van der Waals surface area contributed by atoms with Gasteiger partial charge in [-0.2, -0.15) is 0 Å². The maximum Gasteiger partial charge on any atom is 0.311 e. The van der Waals surface area contributed by atoms with E-state index in [2.05, 4.69) is 5.32 Å². The molecule has 20 heavy (non-hydrogen) atoms. The second-order valence-corrected chi connectivity index (χ2v) is 5.35. The highest BCUT2D eigenvalue weighted by atomic mass is 35.5. The van der Waals surface area contributed by atoms with Gasteiger partial charge in [-0.3, -0.25) is 9.59 Å². The Balaban J connectivity index is 2.01. The standard InChI is InChI=1S/C13H13Cl2NO4/c14-9-2-1-3-10(15)7(9)4-12(17)16-11-6-20-5-8(11)13(18)19/h1-3,8,11H,4-6H2,(H,16,17)(H,18,19). The van der Waals surface area contributed by atoms with Crippen molar-refractivity contribution in [2.75, 3.05) is 13.2 Å². The minimum absolute atomic E-state index is 0.00134. The molecule has 1 fully saturated rings. The quantitative estimate of drug-likeness (QED) is 0.887. The van der Waals surface area contributed by atoms with Crippen molar-refractivity contribution in [2.45, 2.75) is 12.5 Å². The van der Waals surface area contributed by atoms with Gasteiger partial charge < -0.3 is 15.2 Å². The van der Waals surface area contributed by atoms with Gasteiger partial charge in [0.15, 0.2) is 0 Å². The van der Waals surface area contributed by atoms with Gasteiger partial charge in [-0.1, -0.05) is 29.3 Å². The zero-order chi connectivity index (χ0) is 14.7. The van der Waals surface area contributed by atoms with Crippen molar-refractivity contribution in [3.05, 3.63) is 33.8 Å². The molecule has 1 amide bonds. The van der Waals surface area contributed by atoms with Gasteiger partial charge in [-0.05, 0) is 17.7 Å². The molecule has 2 N–H and O–H groups in total. The normalized spacial score (nSPS) is 21.7. The molecule has 1 saturated heterocycles. The third-order valence-electron chi connectivity index (χ3n) is 3.14. The van der Waals surface area contributed by atoms with Crippen LogP contribution in [-0.4, -0.2) is 36.2 Å². The maximum absolute atomic E-state index is 12.0. The van der Waals surface area contributed by atoms with E-state index in [0.717, 1.165) is 0 Å². The minimum Gasteiger partial charge on any atom is -0.481 e. The molecule has 1 heterocycles. The Hall–Kier alpha value is -1.30. The molecule has 1 aromatic carbocycles. The van der Waals surface area contributed by atoms with Crippen LogP contribution >= 0.6 is 23.2 Å². The summed E-state index contributed by atoms with van der Waals surface area (Å²) in [5, 5.41) is 12.5. The van der Waals surface area contributed by atoms with Gasteiger partial charge in [0.05, 0.1) is 25.7 Å². The van der Waals surface area contributed by atoms with E-state index >= 15 is 0 Å². The third-order valence-corrected chi connectivity index (χ3v) is 3.85. The van der Waals surface area contributed by atoms with E-state index in [0.29, 0.717) is 15.6 Å². The number of hydrogen-bond acceptors (Lipinski definition) is 3. The lowest BCUT2D eigenvalue weighted by atomic mass is 10.0. The summed E-state index contributed by atoms with van der Waals surface area (Å²) in [6, 6.07) is 4.46. The van der Waals surface area contributed by atoms with E-state index in [1.54, 1.807) is 18.2 Å². The number of hydrogen-bond donors (Lipinski definition) is 2. The summed E-state index contributed by atoms with van der Waals surface area (Å²) >= 11 is 12.0. The topological polar surface area (TPSA) is 75.6 Å². The fraction of sp³-hybridized carbons (Fsp3) is 0.385. The molecular weight excluding hydrogens is 305 g/mol. The van der Waals surface area contributed by atoms with E-state index in [1.165, 1.54) is 0 Å². The summed E-state index contributed by atoms with van der Waals surface area (Å²) in [6.07, 6.45) is 0.00134. The van der Waals surface area contributed by atoms with Crippen LogP contribution in [0.5, 0.6) is 0 Å². The molecule has 0 spiro atoms. The summed E-state index contributed by atoms with van der Waals surface area (Å²) in [5.74, 6) is -2.04. The average Bonchev–Trinajstić information content (AvgIpc) is 2.82. The molecule has 2 unspecified atom stereocenters. The molecular formula is C13H13Cl2NO4. The lowest BCUT2D eigenvalue weighted by Crippen LogP contribution is -2.43. The first-order valence-electron chi connectivity index (χ1n) is 6.02. The van der Waals surface area contributed by atoms with Crippen LogP contribution in [0.25, 0.3) is 0 Å². The predicted octanol–water partition coefficient (Wildman–Crippen LogP) is 1.75. The first-order chi connectivity index (χ1) is 9.49. The van der Waals surface area contributed by atoms with Gasteiger partial charge in [0.2, 0.25) is 5.91 Å². The lowest BCUT2D eigenvalue weighted by Gasteiger charge is -2.16. The number of halogens is 2. The lowest BCUT2D eigenvalue weighted by molar-refractivity contribution is -0.142. The number of aliphatic carboxylic acids is 1. The van der Waals surface area contributed by atoms with Crippen molar-refractivity contribution in [1.29, 1.82) is 0 Å². The average molecular weight is 318 g/mol. The number of rotatable bonds is 4. The Morgan fingerprint density at radius 1 is 1.30 bits per heavy atom. The van der Waals surface area contributed by atoms with Crippen LogP contribution in [0.4, 0.5) is 0 Å². The van der Waals surface area contributed by atoms with Crippen molar-refractivity contribution in [2.24, 2.45) is 5.92 Å². The molecule has 5 nitrogen and oxygen atoms in total. The number of amides is 1. The van der Waals surface area contributed by atoms with Gasteiger partial charge in [-0.25, -0.2) is 0 Å². The summed E-state index contributed by atoms with van der Waals surface area (Å²) in [7, 11) is 0. The molecule has 2 rings (SSSR count). The Labute approximate surface area is 125 Å². The van der Waals surface area contributed by atoms with E-state index in [-0.39, 0.29) is 25.5 Å². The first-order valence-corrected chi connectivity index (χ1v) is 6.77.